The molecule has 0 spiro atoms. The van der Waals surface area contributed by atoms with Gasteiger partial charge in [0.2, 0.25) is 0 Å². The number of nitrogens with zero attached hydrogens (tertiary/aromatic N) is 1. The molecule has 102 valence electrons. The minimum Gasteiger partial charge on any atom is -0.368 e. The van der Waals surface area contributed by atoms with E-state index in [0.717, 1.165) is 24.4 Å². The van der Waals surface area contributed by atoms with Gasteiger partial charge in [-0.15, -0.1) is 11.3 Å². The highest BCUT2D eigenvalue weighted by Crippen LogP contribution is 2.37. The molecule has 2 heterocycles. The maximum Gasteiger partial charge on any atom is 0.0897 e. The van der Waals surface area contributed by atoms with Crippen LogP contribution >= 0.6 is 11.3 Å². The number of aromatic nitrogens is 1. The lowest BCUT2D eigenvalue weighted by Gasteiger charge is -2.27. The molecule has 0 aromatic carbocycles. The number of nitrogens with one attached hydrogen (secondary N) is 1. The molecule has 0 amide bonds. The van der Waals surface area contributed by atoms with E-state index in [-0.39, 0.29) is 11.2 Å². The summed E-state index contributed by atoms with van der Waals surface area (Å²) in [6.45, 7) is 11.7. The summed E-state index contributed by atoms with van der Waals surface area (Å²) in [6.07, 6.45) is 2.06. The second-order valence-corrected chi connectivity index (χ2v) is 7.35. The maximum absolute atomic E-state index is 6.08. The smallest absolute Gasteiger partial charge is 0.0897 e. The molecule has 1 fully saturated rings. The van der Waals surface area contributed by atoms with Crippen LogP contribution in [0.3, 0.4) is 0 Å². The third kappa shape index (κ3) is 3.31. The van der Waals surface area contributed by atoms with Crippen molar-refractivity contribution in [2.24, 2.45) is 0 Å². The highest BCUT2D eigenvalue weighted by Gasteiger charge is 2.45. The van der Waals surface area contributed by atoms with Gasteiger partial charge in [-0.1, -0.05) is 0 Å². The minimum atomic E-state index is -0.0819. The van der Waals surface area contributed by atoms with Crippen LogP contribution in [0.4, 0.5) is 0 Å². The van der Waals surface area contributed by atoms with Crippen molar-refractivity contribution in [2.45, 2.75) is 64.7 Å². The Morgan fingerprint density at radius 1 is 1.44 bits per heavy atom. The second kappa shape index (κ2) is 4.91. The van der Waals surface area contributed by atoms with Crippen molar-refractivity contribution in [2.75, 3.05) is 6.54 Å². The first-order chi connectivity index (χ1) is 8.28. The van der Waals surface area contributed by atoms with E-state index in [9.17, 15) is 0 Å². The zero-order valence-electron chi connectivity index (χ0n) is 12.0. The molecule has 1 atom stereocenters. The Hall–Kier alpha value is -0.450. The number of ether oxygens (including phenoxy) is 1. The van der Waals surface area contributed by atoms with Crippen LogP contribution in [-0.2, 0) is 11.2 Å². The molecule has 1 unspecified atom stereocenters. The monoisotopic (exact) mass is 268 g/mol. The number of aryl methyl sites for hydroxylation is 1. The second-order valence-electron chi connectivity index (χ2n) is 6.28. The Morgan fingerprint density at radius 3 is 2.67 bits per heavy atom. The lowest BCUT2D eigenvalue weighted by atomic mass is 9.94. The Morgan fingerprint density at radius 2 is 2.17 bits per heavy atom. The van der Waals surface area contributed by atoms with Crippen molar-refractivity contribution in [1.29, 1.82) is 0 Å². The van der Waals surface area contributed by atoms with E-state index < -0.39 is 0 Å². The van der Waals surface area contributed by atoms with E-state index in [1.165, 1.54) is 5.69 Å². The molecule has 2 rings (SSSR count). The highest BCUT2D eigenvalue weighted by molar-refractivity contribution is 7.09. The van der Waals surface area contributed by atoms with Gasteiger partial charge in [0, 0.05) is 24.4 Å². The normalized spacial score (nSPS) is 25.5. The van der Waals surface area contributed by atoms with Crippen LogP contribution in [0.1, 0.15) is 44.8 Å². The first-order valence-electron chi connectivity index (χ1n) is 6.63. The third-order valence-corrected chi connectivity index (χ3v) is 4.34. The van der Waals surface area contributed by atoms with Crippen LogP contribution in [0.15, 0.2) is 5.38 Å². The topological polar surface area (TPSA) is 34.2 Å². The summed E-state index contributed by atoms with van der Waals surface area (Å²) in [5.74, 6) is 0. The molecule has 3 nitrogen and oxygen atoms in total. The number of hydrogen-bond acceptors (Lipinski definition) is 4. The summed E-state index contributed by atoms with van der Waals surface area (Å²) >= 11 is 1.72. The predicted molar refractivity (Wildman–Crippen MR) is 76.2 cm³/mol. The van der Waals surface area contributed by atoms with Gasteiger partial charge in [-0.2, -0.15) is 0 Å². The maximum atomic E-state index is 6.08. The molecule has 18 heavy (non-hydrogen) atoms. The first kappa shape index (κ1) is 14.0. The molecule has 1 aliphatic rings. The highest BCUT2D eigenvalue weighted by atomic mass is 32.1. The average molecular weight is 268 g/mol. The fourth-order valence-corrected chi connectivity index (χ4v) is 3.42. The molecule has 1 aromatic heterocycles. The molecule has 1 aromatic rings. The molecule has 0 aliphatic carbocycles. The van der Waals surface area contributed by atoms with Crippen molar-refractivity contribution in [1.82, 2.24) is 10.3 Å². The molecule has 1 saturated heterocycles. The number of hydrogen-bond donors (Lipinski definition) is 1. The summed E-state index contributed by atoms with van der Waals surface area (Å²) < 4.78 is 6.08. The summed E-state index contributed by atoms with van der Waals surface area (Å²) in [7, 11) is 0. The van der Waals surface area contributed by atoms with E-state index in [1.807, 2.05) is 0 Å². The Kier molecular flexibility index (Phi) is 3.81. The summed E-state index contributed by atoms with van der Waals surface area (Å²) in [5, 5.41) is 6.92. The summed E-state index contributed by atoms with van der Waals surface area (Å²) in [5.41, 5.74) is 1.10. The number of thiazole rings is 1. The van der Waals surface area contributed by atoms with E-state index >= 15 is 0 Å². The Labute approximate surface area is 114 Å². The Balaban J connectivity index is 1.83. The summed E-state index contributed by atoms with van der Waals surface area (Å²) in [6, 6.07) is 0.423. The van der Waals surface area contributed by atoms with Gasteiger partial charge in [0.15, 0.2) is 0 Å². The van der Waals surface area contributed by atoms with Crippen LogP contribution in [0.5, 0.6) is 0 Å². The molecule has 0 bridgehead atoms. The van der Waals surface area contributed by atoms with Gasteiger partial charge in [0.1, 0.15) is 0 Å². The molecular weight excluding hydrogens is 244 g/mol. The molecular formula is C14H24N2OS. The van der Waals surface area contributed by atoms with Crippen LogP contribution < -0.4 is 5.32 Å². The van der Waals surface area contributed by atoms with Gasteiger partial charge in [-0.3, -0.25) is 0 Å². The van der Waals surface area contributed by atoms with Crippen molar-refractivity contribution < 1.29 is 4.74 Å². The molecule has 4 heteroatoms. The Bertz CT molecular complexity index is 412. The van der Waals surface area contributed by atoms with E-state index in [4.69, 9.17) is 4.74 Å². The lowest BCUT2D eigenvalue weighted by Crippen LogP contribution is -2.44. The lowest BCUT2D eigenvalue weighted by molar-refractivity contribution is -0.0697. The van der Waals surface area contributed by atoms with Crippen molar-refractivity contribution >= 4 is 11.3 Å². The van der Waals surface area contributed by atoms with Crippen molar-refractivity contribution in [3.8, 4) is 0 Å². The first-order valence-corrected chi connectivity index (χ1v) is 7.51. The van der Waals surface area contributed by atoms with E-state index in [1.54, 1.807) is 11.3 Å². The van der Waals surface area contributed by atoms with E-state index in [2.05, 4.69) is 50.3 Å². The predicted octanol–water partition coefficient (Wildman–Crippen LogP) is 2.93. The zero-order valence-corrected chi connectivity index (χ0v) is 12.9. The minimum absolute atomic E-state index is 0.0155. The summed E-state index contributed by atoms with van der Waals surface area (Å²) in [4.78, 5) is 4.49. The third-order valence-electron chi connectivity index (χ3n) is 3.51. The van der Waals surface area contributed by atoms with Gasteiger partial charge in [0.05, 0.1) is 21.9 Å². The van der Waals surface area contributed by atoms with Gasteiger partial charge >= 0.3 is 0 Å². The molecule has 0 radical (unpaired) electrons. The SMILES string of the molecule is Cc1nc(CCNC2CC(C)(C)OC2(C)C)cs1. The van der Waals surface area contributed by atoms with Crippen LogP contribution in [0, 0.1) is 6.92 Å². The number of rotatable bonds is 4. The van der Waals surface area contributed by atoms with Gasteiger partial charge in [-0.25, -0.2) is 4.98 Å². The molecule has 1 N–H and O–H groups in total. The van der Waals surface area contributed by atoms with Gasteiger partial charge in [0.25, 0.3) is 0 Å². The largest absolute Gasteiger partial charge is 0.368 e. The van der Waals surface area contributed by atoms with Crippen LogP contribution in [-0.4, -0.2) is 28.8 Å². The molecule has 0 saturated carbocycles. The zero-order chi connectivity index (χ0) is 13.4. The standard InChI is InChI=1S/C14H24N2OS/c1-10-16-11(9-18-10)6-7-15-12-8-13(2,3)17-14(12,4)5/h9,12,15H,6-8H2,1-5H3. The fraction of sp³-hybridized carbons (Fsp3) is 0.786. The van der Waals surface area contributed by atoms with Crippen molar-refractivity contribution in [3.05, 3.63) is 16.1 Å². The van der Waals surface area contributed by atoms with Crippen LogP contribution in [0.25, 0.3) is 0 Å². The van der Waals surface area contributed by atoms with Crippen molar-refractivity contribution in [3.63, 3.8) is 0 Å². The van der Waals surface area contributed by atoms with Gasteiger partial charge < -0.3 is 10.1 Å². The quantitative estimate of drug-likeness (QED) is 0.911. The van der Waals surface area contributed by atoms with Crippen LogP contribution in [0.2, 0.25) is 0 Å². The van der Waals surface area contributed by atoms with Gasteiger partial charge in [-0.05, 0) is 41.0 Å². The fourth-order valence-electron chi connectivity index (χ4n) is 2.78. The molecule has 1 aliphatic heterocycles. The average Bonchev–Trinajstić information content (AvgIpc) is 2.68. The van der Waals surface area contributed by atoms with E-state index in [0.29, 0.717) is 6.04 Å².